The van der Waals surface area contributed by atoms with Gasteiger partial charge in [0, 0.05) is 0 Å². The van der Waals surface area contributed by atoms with Gasteiger partial charge in [-0.3, -0.25) is 0 Å². The van der Waals surface area contributed by atoms with Gasteiger partial charge in [-0.1, -0.05) is 82.3 Å². The second kappa shape index (κ2) is 7.97. The second-order valence-corrected chi connectivity index (χ2v) is 5.74. The van der Waals surface area contributed by atoms with Crippen LogP contribution in [-0.2, 0) is 6.42 Å². The lowest BCUT2D eigenvalue weighted by Gasteiger charge is -2.11. The van der Waals surface area contributed by atoms with E-state index >= 15 is 0 Å². The fourth-order valence-electron chi connectivity index (χ4n) is 3.24. The summed E-state index contributed by atoms with van der Waals surface area (Å²) in [6.07, 6.45) is 11.0. The number of rotatable bonds is 3. The highest BCUT2D eigenvalue weighted by Gasteiger charge is 2.11. The van der Waals surface area contributed by atoms with Gasteiger partial charge in [-0.05, 0) is 51.1 Å². The van der Waals surface area contributed by atoms with E-state index in [0.29, 0.717) is 5.92 Å². The van der Waals surface area contributed by atoms with E-state index in [2.05, 4.69) is 69.0 Å². The second-order valence-electron chi connectivity index (χ2n) is 5.74. The largest absolute Gasteiger partial charge is 0.102 e. The molecule has 0 heterocycles. The Hall–Kier alpha value is -2.08. The van der Waals surface area contributed by atoms with Crippen molar-refractivity contribution in [2.24, 2.45) is 5.92 Å². The van der Waals surface area contributed by atoms with Crippen LogP contribution < -0.4 is 10.4 Å². The Morgan fingerprint density at radius 3 is 2.65 bits per heavy atom. The molecular weight excluding hydrogens is 276 g/mol. The van der Waals surface area contributed by atoms with E-state index in [4.69, 9.17) is 0 Å². The highest BCUT2D eigenvalue weighted by atomic mass is 14.2. The zero-order chi connectivity index (χ0) is 16.8. The van der Waals surface area contributed by atoms with Crippen LogP contribution in [0.1, 0.15) is 39.7 Å². The Morgan fingerprint density at radius 1 is 1.17 bits per heavy atom. The standard InChI is InChI=1S/C21H22.C2H6/c1-4-8-16-13-14-18-10-6-9-17-11-7-12-19(15(3)5-2)21(16)20(17)18;1-2/h5-10,12-15H,2,4,11H2,1,3H3;1-2H3/b16-8-;. The molecule has 0 radical (unpaired) electrons. The molecule has 1 unspecified atom stereocenters. The topological polar surface area (TPSA) is 0 Å². The summed E-state index contributed by atoms with van der Waals surface area (Å²) in [6, 6.07) is 11.2. The molecule has 120 valence electrons. The third kappa shape index (κ3) is 3.32. The Balaban J connectivity index is 0.000000924. The Bertz CT molecular complexity index is 834. The lowest BCUT2D eigenvalue weighted by atomic mass is 9.93. The molecule has 0 aliphatic heterocycles. The van der Waals surface area contributed by atoms with E-state index in [-0.39, 0.29) is 0 Å². The normalized spacial score (nSPS) is 15.0. The Labute approximate surface area is 140 Å². The molecular formula is C23H28. The molecule has 1 aliphatic rings. The number of hydrogen-bond donors (Lipinski definition) is 0. The van der Waals surface area contributed by atoms with E-state index in [9.17, 15) is 0 Å². The molecule has 0 saturated carbocycles. The van der Waals surface area contributed by atoms with Gasteiger partial charge in [-0.2, -0.15) is 0 Å². The van der Waals surface area contributed by atoms with E-state index in [1.54, 1.807) is 0 Å². The van der Waals surface area contributed by atoms with Crippen molar-refractivity contribution in [1.29, 1.82) is 0 Å². The first-order valence-electron chi connectivity index (χ1n) is 8.80. The predicted octanol–water partition coefficient (Wildman–Crippen LogP) is 5.14. The maximum Gasteiger partial charge on any atom is -0.000685 e. The lowest BCUT2D eigenvalue weighted by molar-refractivity contribution is 0.968. The molecule has 0 heteroatoms. The van der Waals surface area contributed by atoms with Crippen LogP contribution in [-0.4, -0.2) is 0 Å². The van der Waals surface area contributed by atoms with Crippen LogP contribution in [0.15, 0.2) is 55.1 Å². The summed E-state index contributed by atoms with van der Waals surface area (Å²) in [5.74, 6) is 0.363. The van der Waals surface area contributed by atoms with Crippen LogP contribution >= 0.6 is 0 Å². The summed E-state index contributed by atoms with van der Waals surface area (Å²) in [5.41, 5.74) is 2.82. The molecule has 2 aromatic carbocycles. The maximum absolute atomic E-state index is 4.00. The minimum atomic E-state index is 0.363. The SMILES string of the molecule is C=CC(C)C1=c2/c(=C\CC)ccc3cccc(c23)CC=C1.CC. The third-order valence-corrected chi connectivity index (χ3v) is 4.36. The minimum absolute atomic E-state index is 0.363. The van der Waals surface area contributed by atoms with E-state index in [1.165, 1.54) is 32.3 Å². The minimum Gasteiger partial charge on any atom is -0.102 e. The van der Waals surface area contributed by atoms with Crippen LogP contribution in [0.3, 0.4) is 0 Å². The highest BCUT2D eigenvalue weighted by molar-refractivity contribution is 5.90. The quantitative estimate of drug-likeness (QED) is 0.689. The average molecular weight is 304 g/mol. The zero-order valence-electron chi connectivity index (χ0n) is 14.9. The zero-order valence-corrected chi connectivity index (χ0v) is 14.9. The predicted molar refractivity (Wildman–Crippen MR) is 105 cm³/mol. The van der Waals surface area contributed by atoms with Crippen molar-refractivity contribution in [3.8, 4) is 0 Å². The van der Waals surface area contributed by atoms with Crippen molar-refractivity contribution >= 4 is 22.4 Å². The molecule has 23 heavy (non-hydrogen) atoms. The number of allylic oxidation sites excluding steroid dienone is 3. The van der Waals surface area contributed by atoms with E-state index in [1.807, 2.05) is 19.9 Å². The van der Waals surface area contributed by atoms with Crippen LogP contribution in [0.25, 0.3) is 22.4 Å². The summed E-state index contributed by atoms with van der Waals surface area (Å²) < 4.78 is 0. The summed E-state index contributed by atoms with van der Waals surface area (Å²) in [6.45, 7) is 12.4. The van der Waals surface area contributed by atoms with Gasteiger partial charge in [-0.15, -0.1) is 6.58 Å². The molecule has 1 atom stereocenters. The fourth-order valence-corrected chi connectivity index (χ4v) is 3.24. The van der Waals surface area contributed by atoms with Gasteiger partial charge in [-0.25, -0.2) is 0 Å². The highest BCUT2D eigenvalue weighted by Crippen LogP contribution is 2.22. The van der Waals surface area contributed by atoms with E-state index in [0.717, 1.165) is 12.8 Å². The molecule has 0 N–H and O–H groups in total. The van der Waals surface area contributed by atoms with Crippen molar-refractivity contribution < 1.29 is 0 Å². The molecule has 2 aromatic rings. The smallest absolute Gasteiger partial charge is 0.000685 e. The molecule has 0 saturated heterocycles. The number of benzene rings is 2. The molecule has 0 amide bonds. The Kier molecular flexibility index (Phi) is 5.98. The van der Waals surface area contributed by atoms with Gasteiger partial charge in [0.2, 0.25) is 0 Å². The lowest BCUT2D eigenvalue weighted by Crippen LogP contribution is -2.29. The maximum atomic E-state index is 4.00. The van der Waals surface area contributed by atoms with E-state index < -0.39 is 0 Å². The van der Waals surface area contributed by atoms with Gasteiger partial charge in [0.25, 0.3) is 0 Å². The molecule has 0 nitrogen and oxygen atoms in total. The van der Waals surface area contributed by atoms with Crippen molar-refractivity contribution in [2.45, 2.75) is 40.5 Å². The third-order valence-electron chi connectivity index (χ3n) is 4.36. The number of hydrogen-bond acceptors (Lipinski definition) is 0. The van der Waals surface area contributed by atoms with Gasteiger partial charge in [0.1, 0.15) is 0 Å². The summed E-state index contributed by atoms with van der Waals surface area (Å²) in [7, 11) is 0. The van der Waals surface area contributed by atoms with Crippen LogP contribution in [0.4, 0.5) is 0 Å². The van der Waals surface area contributed by atoms with Gasteiger partial charge < -0.3 is 0 Å². The van der Waals surface area contributed by atoms with Crippen LogP contribution in [0, 0.1) is 5.92 Å². The van der Waals surface area contributed by atoms with Crippen molar-refractivity contribution in [2.75, 3.05) is 0 Å². The molecule has 0 bridgehead atoms. The van der Waals surface area contributed by atoms with Crippen LogP contribution in [0.5, 0.6) is 0 Å². The summed E-state index contributed by atoms with van der Waals surface area (Å²) in [4.78, 5) is 0. The Morgan fingerprint density at radius 2 is 1.96 bits per heavy atom. The van der Waals surface area contributed by atoms with Crippen molar-refractivity contribution in [3.63, 3.8) is 0 Å². The first-order chi connectivity index (χ1) is 11.3. The molecule has 0 aromatic heterocycles. The molecule has 3 rings (SSSR count). The fraction of sp³-hybridized carbons (Fsp3) is 0.304. The van der Waals surface area contributed by atoms with Gasteiger partial charge in [0.15, 0.2) is 0 Å². The summed E-state index contributed by atoms with van der Waals surface area (Å²) >= 11 is 0. The molecule has 0 fully saturated rings. The first-order valence-corrected chi connectivity index (χ1v) is 8.80. The van der Waals surface area contributed by atoms with Crippen molar-refractivity contribution in [1.82, 2.24) is 0 Å². The average Bonchev–Trinajstić information content (AvgIpc) is 2.80. The first kappa shape index (κ1) is 17.3. The van der Waals surface area contributed by atoms with Gasteiger partial charge >= 0.3 is 0 Å². The molecule has 0 spiro atoms. The van der Waals surface area contributed by atoms with Crippen molar-refractivity contribution in [3.05, 3.63) is 71.1 Å². The van der Waals surface area contributed by atoms with Crippen LogP contribution in [0.2, 0.25) is 0 Å². The monoisotopic (exact) mass is 304 g/mol. The molecule has 1 aliphatic carbocycles. The summed E-state index contributed by atoms with van der Waals surface area (Å²) in [5, 5.41) is 5.53. The van der Waals surface area contributed by atoms with Gasteiger partial charge in [0.05, 0.1) is 0 Å².